The largest absolute Gasteiger partial charge is 0.376 e. The van der Waals surface area contributed by atoms with Gasteiger partial charge in [0.1, 0.15) is 5.69 Å². The van der Waals surface area contributed by atoms with Gasteiger partial charge in [-0.1, -0.05) is 18.2 Å². The van der Waals surface area contributed by atoms with Crippen LogP contribution >= 0.6 is 0 Å². The Labute approximate surface area is 112 Å². The van der Waals surface area contributed by atoms with E-state index in [-0.39, 0.29) is 10.6 Å². The summed E-state index contributed by atoms with van der Waals surface area (Å²) in [5.41, 5.74) is 1.64. The average Bonchev–Trinajstić information content (AvgIpc) is 2.35. The molecule has 0 heterocycles. The van der Waals surface area contributed by atoms with Gasteiger partial charge in [-0.2, -0.15) is 0 Å². The molecular weight excluding hydrogens is 242 g/mol. The molecule has 2 rings (SSSR count). The molecule has 0 unspecified atom stereocenters. The molecular formula is C14H17N3O2. The van der Waals surface area contributed by atoms with Crippen LogP contribution in [0.2, 0.25) is 0 Å². The third kappa shape index (κ3) is 2.19. The van der Waals surface area contributed by atoms with Gasteiger partial charge in [0.2, 0.25) is 0 Å². The minimum absolute atomic E-state index is 0.159. The van der Waals surface area contributed by atoms with E-state index in [2.05, 4.69) is 0 Å². The predicted octanol–water partition coefficient (Wildman–Crippen LogP) is 2.88. The molecule has 0 aliphatic rings. The first-order chi connectivity index (χ1) is 8.93. The van der Waals surface area contributed by atoms with Crippen molar-refractivity contribution >= 4 is 27.8 Å². The molecule has 2 aromatic rings. The normalized spacial score (nSPS) is 10.5. The number of nitrogens with zero attached hydrogens (tertiary/aromatic N) is 3. The molecule has 0 N–H and O–H groups in total. The summed E-state index contributed by atoms with van der Waals surface area (Å²) in [6, 6.07) is 9.39. The van der Waals surface area contributed by atoms with Crippen LogP contribution in [0, 0.1) is 10.1 Å². The van der Waals surface area contributed by atoms with Crippen molar-refractivity contribution in [3.8, 4) is 0 Å². The molecule has 2 aromatic carbocycles. The summed E-state index contributed by atoms with van der Waals surface area (Å²) in [4.78, 5) is 14.9. The maximum absolute atomic E-state index is 11.5. The Hall–Kier alpha value is -2.30. The lowest BCUT2D eigenvalue weighted by Gasteiger charge is -2.23. The molecule has 0 fully saturated rings. The second-order valence-corrected chi connectivity index (χ2v) is 4.86. The predicted molar refractivity (Wildman–Crippen MR) is 79.3 cm³/mol. The minimum Gasteiger partial charge on any atom is -0.376 e. The van der Waals surface area contributed by atoms with Crippen molar-refractivity contribution in [1.29, 1.82) is 0 Å². The standard InChI is InChI=1S/C14H17N3O2/c1-15(2)12-9-10-7-5-6-8-11(10)13(17(18)19)14(12)16(3)4/h5-9H,1-4H3. The molecule has 100 valence electrons. The van der Waals surface area contributed by atoms with Gasteiger partial charge in [0.25, 0.3) is 0 Å². The fourth-order valence-corrected chi connectivity index (χ4v) is 2.27. The van der Waals surface area contributed by atoms with Gasteiger partial charge in [0.05, 0.1) is 16.0 Å². The number of fused-ring (bicyclic) bond motifs is 1. The molecule has 0 saturated heterocycles. The zero-order valence-electron chi connectivity index (χ0n) is 11.5. The molecule has 5 heteroatoms. The van der Waals surface area contributed by atoms with Crippen molar-refractivity contribution in [3.63, 3.8) is 0 Å². The number of benzene rings is 2. The Morgan fingerprint density at radius 3 is 2.21 bits per heavy atom. The number of nitro groups is 1. The van der Waals surface area contributed by atoms with E-state index in [0.29, 0.717) is 11.1 Å². The molecule has 0 atom stereocenters. The monoisotopic (exact) mass is 259 g/mol. The minimum atomic E-state index is -0.301. The molecule has 0 aromatic heterocycles. The lowest BCUT2D eigenvalue weighted by atomic mass is 10.0. The Kier molecular flexibility index (Phi) is 3.29. The van der Waals surface area contributed by atoms with Gasteiger partial charge in [0, 0.05) is 28.2 Å². The zero-order valence-corrected chi connectivity index (χ0v) is 11.5. The number of hydrogen-bond acceptors (Lipinski definition) is 4. The van der Waals surface area contributed by atoms with Crippen LogP contribution in [0.5, 0.6) is 0 Å². The van der Waals surface area contributed by atoms with Gasteiger partial charge >= 0.3 is 5.69 Å². The lowest BCUT2D eigenvalue weighted by molar-refractivity contribution is -0.382. The highest BCUT2D eigenvalue weighted by atomic mass is 16.6. The van der Waals surface area contributed by atoms with E-state index in [1.165, 1.54) is 0 Å². The van der Waals surface area contributed by atoms with Crippen LogP contribution in [-0.2, 0) is 0 Å². The topological polar surface area (TPSA) is 49.6 Å². The van der Waals surface area contributed by atoms with Crippen molar-refractivity contribution in [2.75, 3.05) is 38.0 Å². The number of nitro benzene ring substituents is 1. The molecule has 0 aliphatic heterocycles. The third-order valence-electron chi connectivity index (χ3n) is 3.09. The molecule has 0 aliphatic carbocycles. The molecule has 0 saturated carbocycles. The Balaban J connectivity index is 2.96. The first-order valence-corrected chi connectivity index (χ1v) is 5.98. The van der Waals surface area contributed by atoms with Gasteiger partial charge in [-0.25, -0.2) is 0 Å². The van der Waals surface area contributed by atoms with E-state index in [4.69, 9.17) is 0 Å². The van der Waals surface area contributed by atoms with Gasteiger partial charge in [-0.15, -0.1) is 0 Å². The fourth-order valence-electron chi connectivity index (χ4n) is 2.27. The van der Waals surface area contributed by atoms with E-state index >= 15 is 0 Å². The Morgan fingerprint density at radius 1 is 1.05 bits per heavy atom. The first-order valence-electron chi connectivity index (χ1n) is 5.98. The van der Waals surface area contributed by atoms with E-state index in [1.54, 1.807) is 11.0 Å². The van der Waals surface area contributed by atoms with E-state index in [9.17, 15) is 10.1 Å². The molecule has 0 spiro atoms. The van der Waals surface area contributed by atoms with Gasteiger partial charge in [-0.05, 0) is 17.5 Å². The third-order valence-corrected chi connectivity index (χ3v) is 3.09. The van der Waals surface area contributed by atoms with Crippen molar-refractivity contribution in [1.82, 2.24) is 0 Å². The Bertz CT molecular complexity index is 636. The van der Waals surface area contributed by atoms with Gasteiger partial charge in [0.15, 0.2) is 0 Å². The van der Waals surface area contributed by atoms with Crippen LogP contribution in [0.15, 0.2) is 30.3 Å². The maximum Gasteiger partial charge on any atom is 0.302 e. The van der Waals surface area contributed by atoms with Crippen molar-refractivity contribution < 1.29 is 4.92 Å². The average molecular weight is 259 g/mol. The highest BCUT2D eigenvalue weighted by Crippen LogP contribution is 2.42. The number of hydrogen-bond donors (Lipinski definition) is 0. The van der Waals surface area contributed by atoms with Crippen molar-refractivity contribution in [2.24, 2.45) is 0 Å². The summed E-state index contributed by atoms with van der Waals surface area (Å²) in [6.07, 6.45) is 0. The highest BCUT2D eigenvalue weighted by molar-refractivity contribution is 6.02. The fraction of sp³-hybridized carbons (Fsp3) is 0.286. The molecule has 0 bridgehead atoms. The molecule has 0 radical (unpaired) electrons. The number of rotatable bonds is 3. The first kappa shape index (κ1) is 13.1. The summed E-state index contributed by atoms with van der Waals surface area (Å²) >= 11 is 0. The second kappa shape index (κ2) is 4.76. The van der Waals surface area contributed by atoms with Crippen LogP contribution in [-0.4, -0.2) is 33.1 Å². The summed E-state index contributed by atoms with van der Waals surface area (Å²) in [7, 11) is 7.43. The maximum atomic E-state index is 11.5. The lowest BCUT2D eigenvalue weighted by Crippen LogP contribution is -2.18. The van der Waals surface area contributed by atoms with Crippen LogP contribution < -0.4 is 9.80 Å². The highest BCUT2D eigenvalue weighted by Gasteiger charge is 2.24. The van der Waals surface area contributed by atoms with Crippen LogP contribution in [0.25, 0.3) is 10.8 Å². The molecule has 19 heavy (non-hydrogen) atoms. The van der Waals surface area contributed by atoms with E-state index < -0.39 is 0 Å². The quantitative estimate of drug-likeness (QED) is 0.628. The van der Waals surface area contributed by atoms with Crippen molar-refractivity contribution in [2.45, 2.75) is 0 Å². The zero-order chi connectivity index (χ0) is 14.2. The van der Waals surface area contributed by atoms with E-state index in [1.807, 2.05) is 57.4 Å². The van der Waals surface area contributed by atoms with Crippen LogP contribution in [0.1, 0.15) is 0 Å². The summed E-state index contributed by atoms with van der Waals surface area (Å²) in [5, 5.41) is 13.0. The molecule has 5 nitrogen and oxygen atoms in total. The summed E-state index contributed by atoms with van der Waals surface area (Å²) in [6.45, 7) is 0. The smallest absolute Gasteiger partial charge is 0.302 e. The van der Waals surface area contributed by atoms with Crippen LogP contribution in [0.3, 0.4) is 0 Å². The molecule has 0 amide bonds. The Morgan fingerprint density at radius 2 is 1.68 bits per heavy atom. The number of anilines is 2. The van der Waals surface area contributed by atoms with Gasteiger partial charge < -0.3 is 9.80 Å². The van der Waals surface area contributed by atoms with Crippen molar-refractivity contribution in [3.05, 3.63) is 40.4 Å². The van der Waals surface area contributed by atoms with E-state index in [0.717, 1.165) is 11.1 Å². The summed E-state index contributed by atoms with van der Waals surface area (Å²) < 4.78 is 0. The SMILES string of the molecule is CN(C)c1cc2ccccc2c([N+](=O)[O-])c1N(C)C. The van der Waals surface area contributed by atoms with Crippen LogP contribution in [0.4, 0.5) is 17.1 Å². The van der Waals surface area contributed by atoms with Gasteiger partial charge in [-0.3, -0.25) is 10.1 Å². The summed E-state index contributed by atoms with van der Waals surface area (Å²) in [5.74, 6) is 0. The second-order valence-electron chi connectivity index (χ2n) is 4.86.